The Morgan fingerprint density at radius 3 is 2.63 bits per heavy atom. The monoisotopic (exact) mass is 279 g/mol. The number of hydrogen-bond acceptors (Lipinski definition) is 4. The largest absolute Gasteiger partial charge is 0.326 e. The number of piperidine rings is 1. The van der Waals surface area contributed by atoms with Crippen LogP contribution in [-0.2, 0) is 13.0 Å². The van der Waals surface area contributed by atoms with Crippen LogP contribution in [0.25, 0.3) is 0 Å². The van der Waals surface area contributed by atoms with Gasteiger partial charge in [-0.25, -0.2) is 4.98 Å². The summed E-state index contributed by atoms with van der Waals surface area (Å²) in [6.07, 6.45) is 6.47. The van der Waals surface area contributed by atoms with Crippen LogP contribution >= 0.6 is 11.3 Å². The van der Waals surface area contributed by atoms with E-state index in [1.54, 1.807) is 0 Å². The van der Waals surface area contributed by atoms with E-state index in [0.29, 0.717) is 6.54 Å². The summed E-state index contributed by atoms with van der Waals surface area (Å²) in [6, 6.07) is 0. The molecule has 1 aliphatic carbocycles. The minimum absolute atomic E-state index is 0.671. The summed E-state index contributed by atoms with van der Waals surface area (Å²) in [6.45, 7) is 6.75. The van der Waals surface area contributed by atoms with Crippen molar-refractivity contribution in [3.63, 3.8) is 0 Å². The number of nitrogens with two attached hydrogens (primary N) is 1. The van der Waals surface area contributed by atoms with Crippen molar-refractivity contribution in [1.29, 1.82) is 0 Å². The molecule has 0 radical (unpaired) electrons. The molecule has 2 fully saturated rings. The summed E-state index contributed by atoms with van der Waals surface area (Å²) in [5.74, 6) is 1.65. The Hall–Kier alpha value is -0.450. The van der Waals surface area contributed by atoms with Gasteiger partial charge >= 0.3 is 0 Å². The molecule has 1 aliphatic heterocycles. The molecule has 1 aromatic rings. The number of hydrogen-bond donors (Lipinski definition) is 1. The fourth-order valence-electron chi connectivity index (χ4n) is 2.88. The predicted molar refractivity (Wildman–Crippen MR) is 80.5 cm³/mol. The maximum atomic E-state index is 5.84. The van der Waals surface area contributed by atoms with Gasteiger partial charge in [0.1, 0.15) is 0 Å². The second-order valence-corrected chi connectivity index (χ2v) is 7.34. The first-order chi connectivity index (χ1) is 9.26. The number of rotatable bonds is 5. The molecule has 1 saturated carbocycles. The van der Waals surface area contributed by atoms with Crippen LogP contribution in [0.3, 0.4) is 0 Å². The number of likely N-dealkylation sites (tertiary alicyclic amines) is 1. The highest BCUT2D eigenvalue weighted by atomic mass is 32.1. The Bertz CT molecular complexity index is 417. The third kappa shape index (κ3) is 3.36. The summed E-state index contributed by atoms with van der Waals surface area (Å²) in [5, 5.41) is 1.31. The standard InChI is InChI=1S/C15H25N3S/c1-11-4-7-18(8-5-11)9-6-14-17-15(12-2-3-12)13(10-16)19-14/h11-12H,2-10,16H2,1H3. The molecule has 4 heteroatoms. The zero-order valence-corrected chi connectivity index (χ0v) is 12.7. The van der Waals surface area contributed by atoms with E-state index in [4.69, 9.17) is 10.7 Å². The average Bonchev–Trinajstić information content (AvgIpc) is 3.19. The molecule has 2 heterocycles. The second-order valence-electron chi connectivity index (χ2n) is 6.17. The van der Waals surface area contributed by atoms with Crippen LogP contribution in [0.5, 0.6) is 0 Å². The first-order valence-corrected chi connectivity index (χ1v) is 8.49. The Morgan fingerprint density at radius 2 is 2.00 bits per heavy atom. The first-order valence-electron chi connectivity index (χ1n) is 7.67. The lowest BCUT2D eigenvalue weighted by Crippen LogP contribution is -2.34. The van der Waals surface area contributed by atoms with Gasteiger partial charge in [0, 0.05) is 30.3 Å². The van der Waals surface area contributed by atoms with E-state index >= 15 is 0 Å². The Kier molecular flexibility index (Phi) is 4.20. The van der Waals surface area contributed by atoms with Gasteiger partial charge in [-0.3, -0.25) is 0 Å². The lowest BCUT2D eigenvalue weighted by atomic mass is 9.99. The van der Waals surface area contributed by atoms with E-state index in [1.165, 1.54) is 60.9 Å². The molecular formula is C15H25N3S. The number of aromatic nitrogens is 1. The van der Waals surface area contributed by atoms with E-state index in [9.17, 15) is 0 Å². The van der Waals surface area contributed by atoms with Crippen molar-refractivity contribution >= 4 is 11.3 Å². The minimum Gasteiger partial charge on any atom is -0.326 e. The van der Waals surface area contributed by atoms with Crippen molar-refractivity contribution in [2.45, 2.75) is 51.5 Å². The molecule has 3 nitrogen and oxygen atoms in total. The highest BCUT2D eigenvalue weighted by Gasteiger charge is 2.29. The van der Waals surface area contributed by atoms with Crippen LogP contribution in [0.2, 0.25) is 0 Å². The molecule has 0 spiro atoms. The van der Waals surface area contributed by atoms with Crippen molar-refractivity contribution in [2.24, 2.45) is 11.7 Å². The molecule has 19 heavy (non-hydrogen) atoms. The van der Waals surface area contributed by atoms with Crippen LogP contribution < -0.4 is 5.73 Å². The molecule has 3 rings (SSSR count). The van der Waals surface area contributed by atoms with Gasteiger partial charge in [0.2, 0.25) is 0 Å². The maximum absolute atomic E-state index is 5.84. The molecular weight excluding hydrogens is 254 g/mol. The van der Waals surface area contributed by atoms with Gasteiger partial charge in [0.15, 0.2) is 0 Å². The highest BCUT2D eigenvalue weighted by molar-refractivity contribution is 7.11. The van der Waals surface area contributed by atoms with Gasteiger partial charge in [-0.05, 0) is 44.7 Å². The lowest BCUT2D eigenvalue weighted by molar-refractivity contribution is 0.194. The summed E-state index contributed by atoms with van der Waals surface area (Å²) in [7, 11) is 0. The van der Waals surface area contributed by atoms with E-state index < -0.39 is 0 Å². The highest BCUT2D eigenvalue weighted by Crippen LogP contribution is 2.42. The van der Waals surface area contributed by atoms with Crippen molar-refractivity contribution < 1.29 is 0 Å². The van der Waals surface area contributed by atoms with Crippen molar-refractivity contribution in [1.82, 2.24) is 9.88 Å². The Balaban J connectivity index is 1.55. The van der Waals surface area contributed by atoms with Gasteiger partial charge < -0.3 is 10.6 Å². The second kappa shape index (κ2) is 5.90. The van der Waals surface area contributed by atoms with Gasteiger partial charge in [-0.2, -0.15) is 0 Å². The van der Waals surface area contributed by atoms with Gasteiger partial charge in [0.05, 0.1) is 10.7 Å². The van der Waals surface area contributed by atoms with E-state index in [1.807, 2.05) is 11.3 Å². The fourth-order valence-corrected chi connectivity index (χ4v) is 3.90. The Morgan fingerprint density at radius 1 is 1.26 bits per heavy atom. The van der Waals surface area contributed by atoms with Crippen molar-refractivity contribution in [3.05, 3.63) is 15.6 Å². The summed E-state index contributed by atoms with van der Waals surface area (Å²) >= 11 is 1.85. The third-order valence-electron chi connectivity index (χ3n) is 4.44. The first kappa shape index (κ1) is 13.5. The molecule has 1 aromatic heterocycles. The number of nitrogens with zero attached hydrogens (tertiary/aromatic N) is 2. The molecule has 106 valence electrons. The molecule has 0 bridgehead atoms. The smallest absolute Gasteiger partial charge is 0.0944 e. The quantitative estimate of drug-likeness (QED) is 0.901. The Labute approximate surface area is 120 Å². The van der Waals surface area contributed by atoms with Crippen LogP contribution in [0, 0.1) is 5.92 Å². The van der Waals surface area contributed by atoms with Gasteiger partial charge in [-0.1, -0.05) is 6.92 Å². The topological polar surface area (TPSA) is 42.2 Å². The van der Waals surface area contributed by atoms with Crippen LogP contribution in [0.15, 0.2) is 0 Å². The van der Waals surface area contributed by atoms with Gasteiger partial charge in [-0.15, -0.1) is 11.3 Å². The zero-order chi connectivity index (χ0) is 13.2. The molecule has 2 aliphatic rings. The van der Waals surface area contributed by atoms with E-state index in [2.05, 4.69) is 11.8 Å². The third-order valence-corrected chi connectivity index (χ3v) is 5.59. The van der Waals surface area contributed by atoms with Crippen LogP contribution in [-0.4, -0.2) is 29.5 Å². The molecule has 1 saturated heterocycles. The van der Waals surface area contributed by atoms with Crippen LogP contribution in [0.1, 0.15) is 54.1 Å². The summed E-state index contributed by atoms with van der Waals surface area (Å²) in [4.78, 5) is 8.79. The predicted octanol–water partition coefficient (Wildman–Crippen LogP) is 2.75. The molecule has 0 aromatic carbocycles. The minimum atomic E-state index is 0.671. The summed E-state index contributed by atoms with van der Waals surface area (Å²) in [5.41, 5.74) is 7.17. The molecule has 0 unspecified atom stereocenters. The average molecular weight is 279 g/mol. The normalized spacial score (nSPS) is 22.0. The van der Waals surface area contributed by atoms with E-state index in [0.717, 1.165) is 18.3 Å². The summed E-state index contributed by atoms with van der Waals surface area (Å²) < 4.78 is 0. The fraction of sp³-hybridized carbons (Fsp3) is 0.800. The van der Waals surface area contributed by atoms with E-state index in [-0.39, 0.29) is 0 Å². The molecule has 0 atom stereocenters. The number of thiazole rings is 1. The lowest BCUT2D eigenvalue weighted by Gasteiger charge is -2.29. The molecule has 2 N–H and O–H groups in total. The maximum Gasteiger partial charge on any atom is 0.0944 e. The van der Waals surface area contributed by atoms with Crippen molar-refractivity contribution in [3.8, 4) is 0 Å². The van der Waals surface area contributed by atoms with Gasteiger partial charge in [0.25, 0.3) is 0 Å². The zero-order valence-electron chi connectivity index (χ0n) is 11.9. The van der Waals surface area contributed by atoms with Crippen LogP contribution in [0.4, 0.5) is 0 Å². The SMILES string of the molecule is CC1CCN(CCc2nc(C3CC3)c(CN)s2)CC1. The molecule has 0 amide bonds. The van der Waals surface area contributed by atoms with Crippen molar-refractivity contribution in [2.75, 3.05) is 19.6 Å².